The van der Waals surface area contributed by atoms with Gasteiger partial charge in [0.15, 0.2) is 11.8 Å². The van der Waals surface area contributed by atoms with Gasteiger partial charge in [0.25, 0.3) is 11.9 Å². The summed E-state index contributed by atoms with van der Waals surface area (Å²) in [5.41, 5.74) is 0.408. The molecule has 0 unspecified atom stereocenters. The SMILES string of the molecule is O[C@@H]1CO[C@H]2[C@@H]1OC[C@H]2Oc1nc2nc(NCc3c(F)cc(OC4CC(F)(F)C4)cc3F)c(Cl)cc2[nH]1. The fraction of sp³-hybridized carbons (Fsp3) is 0.478. The number of nitrogens with zero attached hydrogens (tertiary/aromatic N) is 2. The molecule has 0 radical (unpaired) electrons. The number of alkyl halides is 2. The first-order valence-electron chi connectivity index (χ1n) is 11.6. The average molecular weight is 545 g/mol. The number of anilines is 1. The summed E-state index contributed by atoms with van der Waals surface area (Å²) in [6.07, 6.45) is -3.82. The third-order valence-electron chi connectivity index (χ3n) is 6.55. The van der Waals surface area contributed by atoms with Crippen LogP contribution in [0.15, 0.2) is 18.2 Å². The number of ether oxygens (including phenoxy) is 4. The number of hydrogen-bond donors (Lipinski definition) is 3. The molecule has 1 saturated carbocycles. The van der Waals surface area contributed by atoms with Crippen LogP contribution in [-0.4, -0.2) is 69.7 Å². The number of hydrogen-bond acceptors (Lipinski definition) is 8. The minimum atomic E-state index is -2.80. The highest BCUT2D eigenvalue weighted by Crippen LogP contribution is 2.40. The molecule has 37 heavy (non-hydrogen) atoms. The molecule has 3 fully saturated rings. The smallest absolute Gasteiger partial charge is 0.296 e. The van der Waals surface area contributed by atoms with Gasteiger partial charge in [-0.05, 0) is 6.07 Å². The van der Waals surface area contributed by atoms with E-state index in [1.54, 1.807) is 0 Å². The fourth-order valence-electron chi connectivity index (χ4n) is 4.63. The number of rotatable bonds is 7. The maximum absolute atomic E-state index is 14.6. The molecule has 1 aromatic carbocycles. The molecule has 2 saturated heterocycles. The highest BCUT2D eigenvalue weighted by Gasteiger charge is 2.49. The summed E-state index contributed by atoms with van der Waals surface area (Å²) in [4.78, 5) is 11.5. The van der Waals surface area contributed by atoms with Gasteiger partial charge in [-0.15, -0.1) is 0 Å². The number of H-pyrrole nitrogens is 1. The van der Waals surface area contributed by atoms with Crippen LogP contribution in [0.3, 0.4) is 0 Å². The van der Waals surface area contributed by atoms with Crippen LogP contribution in [0.4, 0.5) is 23.4 Å². The maximum Gasteiger partial charge on any atom is 0.296 e. The number of halogens is 5. The topological polar surface area (TPSA) is 111 Å². The van der Waals surface area contributed by atoms with Crippen molar-refractivity contribution in [1.29, 1.82) is 0 Å². The zero-order chi connectivity index (χ0) is 25.9. The van der Waals surface area contributed by atoms with Gasteiger partial charge in [0.1, 0.15) is 47.6 Å². The summed E-state index contributed by atoms with van der Waals surface area (Å²) in [5.74, 6) is -4.63. The lowest BCUT2D eigenvalue weighted by molar-refractivity contribution is -0.134. The van der Waals surface area contributed by atoms with E-state index in [1.165, 1.54) is 6.07 Å². The molecule has 2 aromatic heterocycles. The Balaban J connectivity index is 1.13. The first-order valence-corrected chi connectivity index (χ1v) is 11.9. The van der Waals surface area contributed by atoms with E-state index in [2.05, 4.69) is 20.3 Å². The van der Waals surface area contributed by atoms with E-state index in [9.17, 15) is 22.7 Å². The van der Waals surface area contributed by atoms with Crippen LogP contribution in [0, 0.1) is 11.6 Å². The second-order valence-corrected chi connectivity index (χ2v) is 9.68. The second kappa shape index (κ2) is 9.15. The molecular formula is C23H21ClF4N4O5. The summed E-state index contributed by atoms with van der Waals surface area (Å²) < 4.78 is 77.2. The van der Waals surface area contributed by atoms with Crippen molar-refractivity contribution in [3.8, 4) is 11.8 Å². The van der Waals surface area contributed by atoms with Gasteiger partial charge in [0.2, 0.25) is 0 Å². The Morgan fingerprint density at radius 2 is 1.81 bits per heavy atom. The number of aliphatic hydroxyl groups excluding tert-OH is 1. The van der Waals surface area contributed by atoms with Gasteiger partial charge in [-0.3, -0.25) is 0 Å². The van der Waals surface area contributed by atoms with Gasteiger partial charge >= 0.3 is 0 Å². The molecule has 3 aliphatic rings. The summed E-state index contributed by atoms with van der Waals surface area (Å²) in [6.45, 7) is 0.0873. The molecule has 14 heteroatoms. The first-order chi connectivity index (χ1) is 17.6. The van der Waals surface area contributed by atoms with Crippen molar-refractivity contribution in [2.45, 2.75) is 55.8 Å². The number of pyridine rings is 1. The average Bonchev–Trinajstić information content (AvgIpc) is 3.49. The number of nitrogens with one attached hydrogen (secondary N) is 2. The van der Waals surface area contributed by atoms with Crippen molar-refractivity contribution < 1.29 is 41.6 Å². The number of aromatic nitrogens is 3. The number of imidazole rings is 1. The molecule has 2 aliphatic heterocycles. The van der Waals surface area contributed by atoms with Crippen LogP contribution in [0.5, 0.6) is 11.8 Å². The Morgan fingerprint density at radius 1 is 1.08 bits per heavy atom. The zero-order valence-electron chi connectivity index (χ0n) is 19.0. The number of aromatic amines is 1. The van der Waals surface area contributed by atoms with E-state index in [0.717, 1.165) is 12.1 Å². The predicted molar refractivity (Wildman–Crippen MR) is 121 cm³/mol. The second-order valence-electron chi connectivity index (χ2n) is 9.27. The monoisotopic (exact) mass is 544 g/mol. The molecule has 3 aromatic rings. The van der Waals surface area contributed by atoms with Crippen molar-refractivity contribution in [2.24, 2.45) is 0 Å². The minimum Gasteiger partial charge on any atom is -0.490 e. The van der Waals surface area contributed by atoms with Gasteiger partial charge < -0.3 is 34.4 Å². The lowest BCUT2D eigenvalue weighted by atomic mass is 9.91. The number of benzene rings is 1. The molecule has 9 nitrogen and oxygen atoms in total. The maximum atomic E-state index is 14.6. The number of aliphatic hydroxyl groups is 1. The van der Waals surface area contributed by atoms with Crippen LogP contribution in [0.2, 0.25) is 5.02 Å². The predicted octanol–water partition coefficient (Wildman–Crippen LogP) is 3.58. The van der Waals surface area contributed by atoms with Crippen molar-refractivity contribution in [2.75, 3.05) is 18.5 Å². The molecule has 3 N–H and O–H groups in total. The van der Waals surface area contributed by atoms with Crippen LogP contribution in [0.25, 0.3) is 11.2 Å². The summed E-state index contributed by atoms with van der Waals surface area (Å²) in [5, 5.41) is 12.8. The Kier molecular flexibility index (Phi) is 6.05. The van der Waals surface area contributed by atoms with Crippen molar-refractivity contribution in [3.63, 3.8) is 0 Å². The third kappa shape index (κ3) is 4.76. The van der Waals surface area contributed by atoms with Crippen LogP contribution in [-0.2, 0) is 16.0 Å². The van der Waals surface area contributed by atoms with E-state index in [1.807, 2.05) is 0 Å². The standard InChI is InChI=1S/C23H21ClF4N4O5/c24-12-3-15-21(32-22(30-15)37-17-8-35-18-16(33)7-34-19(17)18)31-20(12)29-6-11-13(25)1-9(2-14(11)26)36-10-4-23(27,28)5-10/h1-3,10,16-19,33H,4-8H2,(H2,29,30,31,32)/t16-,17-,18-,19-/m1/s1. The first kappa shape index (κ1) is 24.5. The van der Waals surface area contributed by atoms with Gasteiger partial charge in [0.05, 0.1) is 23.8 Å². The quantitative estimate of drug-likeness (QED) is 0.387. The van der Waals surface area contributed by atoms with Gasteiger partial charge in [-0.1, -0.05) is 11.6 Å². The molecule has 0 bridgehead atoms. The van der Waals surface area contributed by atoms with Crippen molar-refractivity contribution in [3.05, 3.63) is 40.4 Å². The van der Waals surface area contributed by atoms with Crippen LogP contribution < -0.4 is 14.8 Å². The van der Waals surface area contributed by atoms with Gasteiger partial charge in [0, 0.05) is 37.1 Å². The Hall–Kier alpha value is -2.87. The summed E-state index contributed by atoms with van der Waals surface area (Å²) >= 11 is 6.30. The largest absolute Gasteiger partial charge is 0.490 e. The van der Waals surface area contributed by atoms with Crippen LogP contribution in [0.1, 0.15) is 18.4 Å². The molecule has 198 valence electrons. The van der Waals surface area contributed by atoms with Gasteiger partial charge in [-0.2, -0.15) is 4.98 Å². The molecule has 4 atom stereocenters. The minimum absolute atomic E-state index is 0.134. The Morgan fingerprint density at radius 3 is 2.54 bits per heavy atom. The molecule has 4 heterocycles. The van der Waals surface area contributed by atoms with E-state index in [-0.39, 0.29) is 53.6 Å². The van der Waals surface area contributed by atoms with E-state index in [0.29, 0.717) is 5.52 Å². The lowest BCUT2D eigenvalue weighted by Crippen LogP contribution is -2.43. The van der Waals surface area contributed by atoms with E-state index < -0.39 is 60.9 Å². The number of fused-ring (bicyclic) bond motifs is 2. The third-order valence-corrected chi connectivity index (χ3v) is 6.84. The highest BCUT2D eigenvalue weighted by atomic mass is 35.5. The summed E-state index contributed by atoms with van der Waals surface area (Å²) in [6, 6.07) is 3.59. The molecule has 0 amide bonds. The zero-order valence-corrected chi connectivity index (χ0v) is 19.8. The van der Waals surface area contributed by atoms with E-state index in [4.69, 9.17) is 30.5 Å². The molecule has 6 rings (SSSR count). The molecular weight excluding hydrogens is 524 g/mol. The normalized spacial score (nSPS) is 26.8. The van der Waals surface area contributed by atoms with E-state index >= 15 is 0 Å². The highest BCUT2D eigenvalue weighted by molar-refractivity contribution is 6.33. The van der Waals surface area contributed by atoms with Gasteiger partial charge in [-0.25, -0.2) is 22.5 Å². The molecule has 0 spiro atoms. The lowest BCUT2D eigenvalue weighted by Gasteiger charge is -2.34. The van der Waals surface area contributed by atoms with Crippen LogP contribution >= 0.6 is 11.6 Å². The van der Waals surface area contributed by atoms with Crippen molar-refractivity contribution >= 4 is 28.6 Å². The molecule has 1 aliphatic carbocycles. The Bertz CT molecular complexity index is 1310. The van der Waals surface area contributed by atoms with Crippen molar-refractivity contribution in [1.82, 2.24) is 15.0 Å². The summed E-state index contributed by atoms with van der Waals surface area (Å²) in [7, 11) is 0. The Labute approximate surface area is 212 Å². The fourth-order valence-corrected chi connectivity index (χ4v) is 4.85.